The molecule has 0 spiro atoms. The number of carboxylic acids is 1. The summed E-state index contributed by atoms with van der Waals surface area (Å²) in [5.74, 6) is -5.16. The minimum absolute atomic E-state index is 0.0655. The van der Waals surface area contributed by atoms with E-state index >= 15 is 0 Å². The number of rotatable bonds is 13. The first-order valence-electron chi connectivity index (χ1n) is 10.2. The number of carbonyl (C=O) groups excluding carboxylic acids is 4. The highest BCUT2D eigenvalue weighted by atomic mass is 16.4. The fourth-order valence-corrected chi connectivity index (χ4v) is 2.83. The Kier molecular flexibility index (Phi) is 10.4. The molecule has 0 aromatic carbocycles. The first-order valence-corrected chi connectivity index (χ1v) is 10.2. The largest absolute Gasteiger partial charge is 0.480 e. The van der Waals surface area contributed by atoms with E-state index in [0.29, 0.717) is 5.69 Å². The summed E-state index contributed by atoms with van der Waals surface area (Å²) < 4.78 is 0. The van der Waals surface area contributed by atoms with E-state index in [1.54, 1.807) is 13.8 Å². The number of nitrogens with zero attached hydrogens (tertiary/aromatic N) is 1. The molecular weight excluding hydrogens is 438 g/mol. The van der Waals surface area contributed by atoms with Crippen molar-refractivity contribution in [2.24, 2.45) is 17.4 Å². The Bertz CT molecular complexity index is 842. The molecule has 5 unspecified atom stereocenters. The molecular formula is C19H31N7O7. The number of aliphatic hydroxyl groups is 1. The lowest BCUT2D eigenvalue weighted by molar-refractivity contribution is -0.142. The third-order valence-corrected chi connectivity index (χ3v) is 4.66. The number of aromatic amines is 1. The van der Waals surface area contributed by atoms with Gasteiger partial charge in [-0.3, -0.25) is 19.2 Å². The minimum Gasteiger partial charge on any atom is -0.480 e. The van der Waals surface area contributed by atoms with Gasteiger partial charge < -0.3 is 42.6 Å². The molecule has 0 saturated heterocycles. The highest BCUT2D eigenvalue weighted by Gasteiger charge is 2.34. The maximum Gasteiger partial charge on any atom is 0.326 e. The van der Waals surface area contributed by atoms with Crippen molar-refractivity contribution >= 4 is 29.6 Å². The number of amides is 4. The molecule has 0 aliphatic heterocycles. The van der Waals surface area contributed by atoms with E-state index < -0.39 is 72.2 Å². The standard InChI is InChI=1S/C19H31N7O7/c1-8(2)14(17(30)24-12(19(32)33)4-10-6-22-7-23-10)25-18(31)15(9(3)27)26-16(29)11(20)5-13(21)28/h6-9,11-12,14-15,27H,4-5,20H2,1-3H3,(H2,21,28)(H,22,23)(H,24,30)(H,25,31)(H,26,29)(H,32,33). The van der Waals surface area contributed by atoms with Gasteiger partial charge in [0.25, 0.3) is 0 Å². The normalized spacial score (nSPS) is 15.6. The smallest absolute Gasteiger partial charge is 0.326 e. The molecule has 184 valence electrons. The predicted octanol–water partition coefficient (Wildman–Crippen LogP) is -3.27. The molecule has 1 rings (SSSR count). The molecule has 1 heterocycles. The van der Waals surface area contributed by atoms with Crippen molar-refractivity contribution in [1.82, 2.24) is 25.9 Å². The van der Waals surface area contributed by atoms with E-state index in [0.717, 1.165) is 0 Å². The molecule has 1 aromatic rings. The number of aliphatic hydroxyl groups excluding tert-OH is 1. The van der Waals surface area contributed by atoms with Crippen LogP contribution in [0.4, 0.5) is 0 Å². The average Bonchev–Trinajstić information content (AvgIpc) is 3.21. The number of H-pyrrole nitrogens is 1. The zero-order valence-electron chi connectivity index (χ0n) is 18.6. The fraction of sp³-hybridized carbons (Fsp3) is 0.579. The Balaban J connectivity index is 2.90. The van der Waals surface area contributed by atoms with Crippen molar-refractivity contribution in [3.63, 3.8) is 0 Å². The molecule has 0 radical (unpaired) electrons. The van der Waals surface area contributed by atoms with Crippen LogP contribution in [0.5, 0.6) is 0 Å². The van der Waals surface area contributed by atoms with Crippen LogP contribution in [-0.4, -0.2) is 80.1 Å². The lowest BCUT2D eigenvalue weighted by Crippen LogP contribution is -2.61. The summed E-state index contributed by atoms with van der Waals surface area (Å²) in [4.78, 5) is 66.7. The first kappa shape index (κ1) is 27.5. The molecule has 0 saturated carbocycles. The molecule has 14 nitrogen and oxygen atoms in total. The zero-order chi connectivity index (χ0) is 25.3. The fourth-order valence-electron chi connectivity index (χ4n) is 2.83. The van der Waals surface area contributed by atoms with Crippen molar-refractivity contribution in [1.29, 1.82) is 0 Å². The number of aliphatic carboxylic acids is 1. The number of hydrogen-bond acceptors (Lipinski definition) is 8. The van der Waals surface area contributed by atoms with Gasteiger partial charge in [0.05, 0.1) is 24.9 Å². The van der Waals surface area contributed by atoms with Gasteiger partial charge in [0.15, 0.2) is 0 Å². The molecule has 33 heavy (non-hydrogen) atoms. The highest BCUT2D eigenvalue weighted by Crippen LogP contribution is 2.07. The maximum absolute atomic E-state index is 12.8. The summed E-state index contributed by atoms with van der Waals surface area (Å²) in [6, 6.07) is -5.31. The summed E-state index contributed by atoms with van der Waals surface area (Å²) in [7, 11) is 0. The Morgan fingerprint density at radius 3 is 2.06 bits per heavy atom. The van der Waals surface area contributed by atoms with Gasteiger partial charge in [-0.25, -0.2) is 9.78 Å². The average molecular weight is 469 g/mol. The lowest BCUT2D eigenvalue weighted by Gasteiger charge is -2.28. The number of aromatic nitrogens is 2. The summed E-state index contributed by atoms with van der Waals surface area (Å²) in [6.45, 7) is 4.47. The van der Waals surface area contributed by atoms with Gasteiger partial charge in [-0.1, -0.05) is 13.8 Å². The third kappa shape index (κ3) is 8.86. The van der Waals surface area contributed by atoms with Crippen LogP contribution in [0.15, 0.2) is 12.5 Å². The van der Waals surface area contributed by atoms with Gasteiger partial charge in [0.1, 0.15) is 18.1 Å². The van der Waals surface area contributed by atoms with Crippen molar-refractivity contribution in [3.05, 3.63) is 18.2 Å². The number of carbonyl (C=O) groups is 5. The van der Waals surface area contributed by atoms with Crippen molar-refractivity contribution < 1.29 is 34.2 Å². The molecule has 4 amide bonds. The van der Waals surface area contributed by atoms with Crippen LogP contribution in [0.25, 0.3) is 0 Å². The second-order valence-corrected chi connectivity index (χ2v) is 7.91. The molecule has 0 aliphatic carbocycles. The number of imidazole rings is 1. The maximum atomic E-state index is 12.8. The third-order valence-electron chi connectivity index (χ3n) is 4.66. The van der Waals surface area contributed by atoms with Crippen LogP contribution >= 0.6 is 0 Å². The van der Waals surface area contributed by atoms with Crippen molar-refractivity contribution in [3.8, 4) is 0 Å². The van der Waals surface area contributed by atoms with Gasteiger partial charge in [-0.2, -0.15) is 0 Å². The van der Waals surface area contributed by atoms with Gasteiger partial charge in [-0.05, 0) is 12.8 Å². The highest BCUT2D eigenvalue weighted by molar-refractivity contribution is 5.95. The van der Waals surface area contributed by atoms with E-state index in [1.165, 1.54) is 19.4 Å². The molecule has 5 atom stereocenters. The van der Waals surface area contributed by atoms with E-state index in [2.05, 4.69) is 25.9 Å². The van der Waals surface area contributed by atoms with Crippen LogP contribution < -0.4 is 27.4 Å². The van der Waals surface area contributed by atoms with Crippen LogP contribution in [-0.2, 0) is 30.4 Å². The van der Waals surface area contributed by atoms with Crippen LogP contribution in [0, 0.1) is 5.92 Å². The molecule has 0 bridgehead atoms. The van der Waals surface area contributed by atoms with Gasteiger partial charge in [0, 0.05) is 18.3 Å². The summed E-state index contributed by atoms with van der Waals surface area (Å²) in [6.07, 6.45) is 0.876. The quantitative estimate of drug-likeness (QED) is 0.144. The first-order chi connectivity index (χ1) is 15.3. The number of hydrogen-bond donors (Lipinski definition) is 8. The van der Waals surface area contributed by atoms with Crippen LogP contribution in [0.2, 0.25) is 0 Å². The van der Waals surface area contributed by atoms with Crippen LogP contribution in [0.3, 0.4) is 0 Å². The van der Waals surface area contributed by atoms with E-state index in [4.69, 9.17) is 11.5 Å². The molecule has 0 aliphatic rings. The summed E-state index contributed by atoms with van der Waals surface area (Å²) >= 11 is 0. The van der Waals surface area contributed by atoms with Crippen molar-refractivity contribution in [2.75, 3.05) is 0 Å². The Hall–Kier alpha value is -3.52. The zero-order valence-corrected chi connectivity index (χ0v) is 18.6. The van der Waals surface area contributed by atoms with Gasteiger partial charge in [0.2, 0.25) is 23.6 Å². The Labute approximate surface area is 189 Å². The van der Waals surface area contributed by atoms with Crippen molar-refractivity contribution in [2.45, 2.75) is 63.9 Å². The lowest BCUT2D eigenvalue weighted by atomic mass is 10.0. The number of nitrogens with two attached hydrogens (primary N) is 2. The second-order valence-electron chi connectivity index (χ2n) is 7.91. The number of carboxylic acid groups (broad SMARTS) is 1. The van der Waals surface area contributed by atoms with Crippen LogP contribution in [0.1, 0.15) is 32.9 Å². The van der Waals surface area contributed by atoms with E-state index in [-0.39, 0.29) is 6.42 Å². The SMILES string of the molecule is CC(C)C(NC(=O)C(NC(=O)C(N)CC(N)=O)C(C)O)C(=O)NC(Cc1cnc[nH]1)C(=O)O. The summed E-state index contributed by atoms with van der Waals surface area (Å²) in [5, 5.41) is 26.4. The number of primary amides is 1. The molecule has 0 fully saturated rings. The monoisotopic (exact) mass is 469 g/mol. The molecule has 10 N–H and O–H groups in total. The minimum atomic E-state index is -1.49. The Morgan fingerprint density at radius 1 is 1.03 bits per heavy atom. The Morgan fingerprint density at radius 2 is 1.61 bits per heavy atom. The molecule has 14 heteroatoms. The summed E-state index contributed by atoms with van der Waals surface area (Å²) in [5.41, 5.74) is 11.0. The van der Waals surface area contributed by atoms with E-state index in [1.807, 2.05) is 0 Å². The van der Waals surface area contributed by atoms with E-state index in [9.17, 15) is 34.2 Å². The second kappa shape index (κ2) is 12.5. The van der Waals surface area contributed by atoms with Gasteiger partial charge >= 0.3 is 5.97 Å². The number of nitrogens with one attached hydrogen (secondary N) is 4. The topological polar surface area (TPSA) is 243 Å². The predicted molar refractivity (Wildman–Crippen MR) is 114 cm³/mol. The van der Waals surface area contributed by atoms with Gasteiger partial charge in [-0.15, -0.1) is 0 Å². The molecule has 1 aromatic heterocycles.